The lowest BCUT2D eigenvalue weighted by Crippen LogP contribution is -2.40. The normalized spacial score (nSPS) is 11.7. The topological polar surface area (TPSA) is 64.3 Å². The number of ether oxygens (including phenoxy) is 1. The smallest absolute Gasteiger partial charge is 0.236 e. The fourth-order valence-electron chi connectivity index (χ4n) is 1.31. The molecule has 104 valence electrons. The summed E-state index contributed by atoms with van der Waals surface area (Å²) < 4.78 is 5.38. The van der Waals surface area contributed by atoms with Crippen molar-refractivity contribution in [2.24, 2.45) is 5.73 Å². The quantitative estimate of drug-likeness (QED) is 0.593. The van der Waals surface area contributed by atoms with Gasteiger partial charge in [-0.25, -0.2) is 0 Å². The van der Waals surface area contributed by atoms with Gasteiger partial charge in [-0.05, 0) is 19.3 Å². The number of unbranched alkanes of at least 4 members (excludes halogenated alkanes) is 1. The molecule has 1 unspecified atom stereocenters. The van der Waals surface area contributed by atoms with Crippen LogP contribution in [0.3, 0.4) is 0 Å². The van der Waals surface area contributed by atoms with Crippen molar-refractivity contribution in [2.45, 2.75) is 52.0 Å². The number of amides is 1. The number of carbonyl (C=O) groups excluding carboxylic acids is 1. The van der Waals surface area contributed by atoms with Gasteiger partial charge in [0.05, 0.1) is 6.04 Å². The van der Waals surface area contributed by atoms with Crippen LogP contribution in [0.1, 0.15) is 46.0 Å². The second kappa shape index (κ2) is 13.7. The highest BCUT2D eigenvalue weighted by Gasteiger charge is 2.10. The molecule has 0 saturated carbocycles. The van der Waals surface area contributed by atoms with E-state index in [9.17, 15) is 4.79 Å². The van der Waals surface area contributed by atoms with Crippen LogP contribution in [0.4, 0.5) is 0 Å². The van der Waals surface area contributed by atoms with Gasteiger partial charge < -0.3 is 15.8 Å². The fourth-order valence-corrected chi connectivity index (χ4v) is 1.31. The van der Waals surface area contributed by atoms with Crippen LogP contribution in [-0.4, -0.2) is 31.7 Å². The fraction of sp³-hybridized carbons (Fsp3) is 0.917. The molecule has 1 amide bonds. The van der Waals surface area contributed by atoms with Crippen LogP contribution in [0.2, 0.25) is 0 Å². The Bertz CT molecular complexity index is 180. The average Bonchev–Trinajstić information content (AvgIpc) is 2.28. The Balaban J connectivity index is 0. The summed E-state index contributed by atoms with van der Waals surface area (Å²) in [7, 11) is 0. The van der Waals surface area contributed by atoms with Crippen molar-refractivity contribution in [1.82, 2.24) is 5.32 Å². The van der Waals surface area contributed by atoms with Crippen LogP contribution in [0.5, 0.6) is 0 Å². The first kappa shape index (κ1) is 19.0. The largest absolute Gasteiger partial charge is 0.381 e. The minimum Gasteiger partial charge on any atom is -0.381 e. The van der Waals surface area contributed by atoms with Gasteiger partial charge in [0, 0.05) is 19.8 Å². The van der Waals surface area contributed by atoms with Crippen molar-refractivity contribution in [3.05, 3.63) is 0 Å². The van der Waals surface area contributed by atoms with Crippen LogP contribution < -0.4 is 11.1 Å². The average molecular weight is 267 g/mol. The number of rotatable bonds is 10. The van der Waals surface area contributed by atoms with E-state index in [4.69, 9.17) is 10.5 Å². The van der Waals surface area contributed by atoms with E-state index in [-0.39, 0.29) is 24.4 Å². The van der Waals surface area contributed by atoms with Gasteiger partial charge in [0.15, 0.2) is 0 Å². The summed E-state index contributed by atoms with van der Waals surface area (Å²) in [5.41, 5.74) is 5.66. The lowest BCUT2D eigenvalue weighted by Gasteiger charge is -2.11. The second-order valence-corrected chi connectivity index (χ2v) is 4.01. The van der Waals surface area contributed by atoms with Gasteiger partial charge in [-0.2, -0.15) is 0 Å². The van der Waals surface area contributed by atoms with Gasteiger partial charge in [-0.15, -0.1) is 12.4 Å². The molecule has 3 N–H and O–H groups in total. The monoisotopic (exact) mass is 266 g/mol. The summed E-state index contributed by atoms with van der Waals surface area (Å²) in [6.45, 7) is 6.35. The van der Waals surface area contributed by atoms with Crippen molar-refractivity contribution in [3.8, 4) is 0 Å². The first-order valence-corrected chi connectivity index (χ1v) is 6.33. The maximum absolute atomic E-state index is 11.4. The van der Waals surface area contributed by atoms with E-state index >= 15 is 0 Å². The zero-order valence-corrected chi connectivity index (χ0v) is 11.9. The Morgan fingerprint density at radius 2 is 1.88 bits per heavy atom. The number of hydrogen-bond donors (Lipinski definition) is 2. The van der Waals surface area contributed by atoms with Crippen LogP contribution in [0, 0.1) is 0 Å². The van der Waals surface area contributed by atoms with Gasteiger partial charge in [0.25, 0.3) is 0 Å². The highest BCUT2D eigenvalue weighted by Crippen LogP contribution is 1.93. The molecule has 0 aliphatic heterocycles. The van der Waals surface area contributed by atoms with Crippen LogP contribution in [0.15, 0.2) is 0 Å². The van der Waals surface area contributed by atoms with Gasteiger partial charge in [0.2, 0.25) is 5.91 Å². The SMILES string of the molecule is CCCCOCCCNC(=O)C(N)CCC.Cl. The Morgan fingerprint density at radius 3 is 2.47 bits per heavy atom. The summed E-state index contributed by atoms with van der Waals surface area (Å²) in [6.07, 6.45) is 4.80. The Morgan fingerprint density at radius 1 is 1.24 bits per heavy atom. The van der Waals surface area contributed by atoms with Gasteiger partial charge >= 0.3 is 0 Å². The Labute approximate surface area is 111 Å². The lowest BCUT2D eigenvalue weighted by atomic mass is 10.2. The van der Waals surface area contributed by atoms with Crippen LogP contribution in [0.25, 0.3) is 0 Å². The van der Waals surface area contributed by atoms with Gasteiger partial charge in [-0.1, -0.05) is 26.7 Å². The maximum atomic E-state index is 11.4. The van der Waals surface area contributed by atoms with E-state index in [0.717, 1.165) is 38.7 Å². The molecule has 0 saturated heterocycles. The zero-order valence-electron chi connectivity index (χ0n) is 11.0. The first-order chi connectivity index (χ1) is 7.72. The summed E-state index contributed by atoms with van der Waals surface area (Å²) in [6, 6.07) is -0.356. The second-order valence-electron chi connectivity index (χ2n) is 4.01. The van der Waals surface area contributed by atoms with Gasteiger partial charge in [-0.3, -0.25) is 4.79 Å². The number of nitrogens with two attached hydrogens (primary N) is 1. The van der Waals surface area contributed by atoms with E-state index in [1.807, 2.05) is 6.92 Å². The van der Waals surface area contributed by atoms with Crippen molar-refractivity contribution in [1.29, 1.82) is 0 Å². The van der Waals surface area contributed by atoms with Crippen molar-refractivity contribution in [3.63, 3.8) is 0 Å². The van der Waals surface area contributed by atoms with Gasteiger partial charge in [0.1, 0.15) is 0 Å². The Hall–Kier alpha value is -0.320. The molecule has 0 fully saturated rings. The number of hydrogen-bond acceptors (Lipinski definition) is 3. The third-order valence-corrected chi connectivity index (χ3v) is 2.34. The highest BCUT2D eigenvalue weighted by atomic mass is 35.5. The molecular weight excluding hydrogens is 240 g/mol. The molecule has 1 atom stereocenters. The van der Waals surface area contributed by atoms with Crippen molar-refractivity contribution < 1.29 is 9.53 Å². The lowest BCUT2D eigenvalue weighted by molar-refractivity contribution is -0.122. The summed E-state index contributed by atoms with van der Waals surface area (Å²) in [5, 5.41) is 2.81. The third-order valence-electron chi connectivity index (χ3n) is 2.34. The number of halogens is 1. The van der Waals surface area contributed by atoms with Crippen molar-refractivity contribution >= 4 is 18.3 Å². The van der Waals surface area contributed by atoms with Crippen LogP contribution >= 0.6 is 12.4 Å². The minimum absolute atomic E-state index is 0. The molecule has 0 aliphatic carbocycles. The molecule has 0 aromatic heterocycles. The predicted molar refractivity (Wildman–Crippen MR) is 73.5 cm³/mol. The molecule has 4 nitrogen and oxygen atoms in total. The molecule has 5 heteroatoms. The molecule has 0 heterocycles. The molecule has 0 radical (unpaired) electrons. The molecule has 0 rings (SSSR count). The minimum atomic E-state index is -0.356. The summed E-state index contributed by atoms with van der Waals surface area (Å²) in [5.74, 6) is -0.0459. The van der Waals surface area contributed by atoms with E-state index in [2.05, 4.69) is 12.2 Å². The van der Waals surface area contributed by atoms with E-state index in [1.165, 1.54) is 0 Å². The Kier molecular flexibility index (Phi) is 15.4. The van der Waals surface area contributed by atoms with Crippen LogP contribution in [-0.2, 0) is 9.53 Å². The molecule has 0 aromatic rings. The molecule has 0 spiro atoms. The molecule has 0 aliphatic rings. The highest BCUT2D eigenvalue weighted by molar-refractivity contribution is 5.85. The molecule has 0 bridgehead atoms. The molecule has 17 heavy (non-hydrogen) atoms. The standard InChI is InChI=1S/C12H26N2O2.ClH/c1-3-5-9-16-10-6-8-14-12(15)11(13)7-4-2;/h11H,3-10,13H2,1-2H3,(H,14,15);1H. The van der Waals surface area contributed by atoms with Crippen molar-refractivity contribution in [2.75, 3.05) is 19.8 Å². The maximum Gasteiger partial charge on any atom is 0.236 e. The van der Waals surface area contributed by atoms with E-state index in [0.29, 0.717) is 13.2 Å². The molecule has 0 aromatic carbocycles. The summed E-state index contributed by atoms with van der Waals surface area (Å²) >= 11 is 0. The summed E-state index contributed by atoms with van der Waals surface area (Å²) in [4.78, 5) is 11.4. The predicted octanol–water partition coefficient (Wildman–Crippen LogP) is 1.86. The van der Waals surface area contributed by atoms with E-state index in [1.54, 1.807) is 0 Å². The number of nitrogens with one attached hydrogen (secondary N) is 1. The van der Waals surface area contributed by atoms with E-state index < -0.39 is 0 Å². The third kappa shape index (κ3) is 11.9. The number of carbonyl (C=O) groups is 1. The zero-order chi connectivity index (χ0) is 12.2. The molecular formula is C12H27ClN2O2. The first-order valence-electron chi connectivity index (χ1n) is 6.33.